The van der Waals surface area contributed by atoms with Gasteiger partial charge in [0, 0.05) is 56.4 Å². The molecule has 10 nitrogen and oxygen atoms in total. The molecule has 0 spiro atoms. The van der Waals surface area contributed by atoms with Crippen LogP contribution in [0.5, 0.6) is 0 Å². The fourth-order valence-corrected chi connectivity index (χ4v) is 4.52. The number of aliphatic hydroxyl groups is 1. The molecule has 0 unspecified atom stereocenters. The number of aliphatic hydroxyl groups excluding tert-OH is 1. The first-order valence-corrected chi connectivity index (χ1v) is 13.9. The van der Waals surface area contributed by atoms with Crippen molar-refractivity contribution in [3.05, 3.63) is 106 Å². The van der Waals surface area contributed by atoms with Gasteiger partial charge in [-0.1, -0.05) is 48.0 Å². The van der Waals surface area contributed by atoms with Crippen molar-refractivity contribution in [3.8, 4) is 11.1 Å². The monoisotopic (exact) mass is 587 g/mol. The Morgan fingerprint density at radius 2 is 1.33 bits per heavy atom. The predicted molar refractivity (Wildman–Crippen MR) is 166 cm³/mol. The normalized spacial score (nSPS) is 10.9. The van der Waals surface area contributed by atoms with Crippen LogP contribution in [0, 0.1) is 6.92 Å². The van der Waals surface area contributed by atoms with E-state index in [0.29, 0.717) is 60.4 Å². The standard InChI is InChI=1S/C31H34ClN7O3/c1-20-23(4-2-6-25(20)38-30(41)27-10-8-21(18-36-27)16-34-13-12-33)24-5-3-7-26(29(24)32)39-31(42)28-11-9-22(19-37-28)17-35-14-15-40/h2-11,18-19,34-35,40H,12-17,33H2,1H3,(H,38,41)(H,39,42). The van der Waals surface area contributed by atoms with E-state index in [4.69, 9.17) is 22.4 Å². The Morgan fingerprint density at radius 1 is 0.786 bits per heavy atom. The van der Waals surface area contributed by atoms with E-state index in [1.54, 1.807) is 42.7 Å². The van der Waals surface area contributed by atoms with Crippen molar-refractivity contribution >= 4 is 34.8 Å². The summed E-state index contributed by atoms with van der Waals surface area (Å²) in [5, 5.41) is 21.3. The summed E-state index contributed by atoms with van der Waals surface area (Å²) in [6.07, 6.45) is 3.28. The summed E-state index contributed by atoms with van der Waals surface area (Å²) in [5.41, 5.74) is 11.3. The van der Waals surface area contributed by atoms with Gasteiger partial charge in [0.15, 0.2) is 0 Å². The number of nitrogens with two attached hydrogens (primary N) is 1. The molecule has 0 atom stereocenters. The van der Waals surface area contributed by atoms with Crippen LogP contribution >= 0.6 is 11.6 Å². The quantitative estimate of drug-likeness (QED) is 0.129. The molecule has 0 aliphatic heterocycles. The lowest BCUT2D eigenvalue weighted by molar-refractivity contribution is 0.101. The predicted octanol–water partition coefficient (Wildman–Crippen LogP) is 3.74. The summed E-state index contributed by atoms with van der Waals surface area (Å²) in [6.45, 7) is 4.84. The van der Waals surface area contributed by atoms with Crippen molar-refractivity contribution < 1.29 is 14.7 Å². The SMILES string of the molecule is Cc1c(NC(=O)c2ccc(CNCCN)cn2)cccc1-c1cccc(NC(=O)c2ccc(CNCCO)cn2)c1Cl. The number of hydrogen-bond acceptors (Lipinski definition) is 8. The van der Waals surface area contributed by atoms with Crippen LogP contribution in [0.25, 0.3) is 11.1 Å². The number of carbonyl (C=O) groups excluding carboxylic acids is 2. The first-order valence-electron chi connectivity index (χ1n) is 13.5. The van der Waals surface area contributed by atoms with E-state index in [1.165, 1.54) is 0 Å². The fourth-order valence-electron chi connectivity index (χ4n) is 4.25. The molecule has 0 saturated carbocycles. The van der Waals surface area contributed by atoms with Crippen molar-refractivity contribution in [2.45, 2.75) is 20.0 Å². The van der Waals surface area contributed by atoms with E-state index in [1.807, 2.05) is 37.3 Å². The molecule has 4 rings (SSSR count). The Bertz CT molecular complexity index is 1400. The molecule has 42 heavy (non-hydrogen) atoms. The van der Waals surface area contributed by atoms with Crippen LogP contribution in [0.15, 0.2) is 73.1 Å². The number of rotatable bonds is 13. The number of hydrogen-bond donors (Lipinski definition) is 6. The van der Waals surface area contributed by atoms with Crippen molar-refractivity contribution in [2.75, 3.05) is 36.9 Å². The molecule has 0 bridgehead atoms. The third-order valence-corrected chi connectivity index (χ3v) is 6.91. The number of aromatic nitrogens is 2. The molecule has 2 amide bonds. The van der Waals surface area contributed by atoms with Gasteiger partial charge in [-0.25, -0.2) is 0 Å². The second-order valence-electron chi connectivity index (χ2n) is 9.52. The number of carbonyl (C=O) groups is 2. The fraction of sp³-hybridized carbons (Fsp3) is 0.226. The smallest absolute Gasteiger partial charge is 0.274 e. The molecular formula is C31H34ClN7O3. The van der Waals surface area contributed by atoms with Gasteiger partial charge in [-0.15, -0.1) is 0 Å². The van der Waals surface area contributed by atoms with Crippen LogP contribution in [0.2, 0.25) is 5.02 Å². The van der Waals surface area contributed by atoms with Gasteiger partial charge in [-0.2, -0.15) is 0 Å². The number of anilines is 2. The van der Waals surface area contributed by atoms with Gasteiger partial charge in [-0.05, 0) is 53.4 Å². The Labute approximate surface area is 249 Å². The maximum absolute atomic E-state index is 13.0. The van der Waals surface area contributed by atoms with Crippen molar-refractivity contribution in [3.63, 3.8) is 0 Å². The lowest BCUT2D eigenvalue weighted by Crippen LogP contribution is -2.22. The molecule has 4 aromatic rings. The molecule has 0 aliphatic carbocycles. The minimum atomic E-state index is -0.393. The number of halogens is 1. The molecular weight excluding hydrogens is 554 g/mol. The lowest BCUT2D eigenvalue weighted by atomic mass is 9.98. The highest BCUT2D eigenvalue weighted by Crippen LogP contribution is 2.37. The van der Waals surface area contributed by atoms with E-state index in [9.17, 15) is 9.59 Å². The highest BCUT2D eigenvalue weighted by Gasteiger charge is 2.17. The molecule has 7 N–H and O–H groups in total. The zero-order valence-electron chi connectivity index (χ0n) is 23.3. The number of amides is 2. The summed E-state index contributed by atoms with van der Waals surface area (Å²) in [6, 6.07) is 17.9. The summed E-state index contributed by atoms with van der Waals surface area (Å²) in [5.74, 6) is -0.721. The Hall–Kier alpha value is -4.19. The first-order chi connectivity index (χ1) is 20.4. The van der Waals surface area contributed by atoms with Crippen LogP contribution < -0.4 is 27.0 Å². The minimum absolute atomic E-state index is 0.0485. The first kappa shape index (κ1) is 30.8. The zero-order valence-corrected chi connectivity index (χ0v) is 24.0. The molecule has 0 fully saturated rings. The van der Waals surface area contributed by atoms with Crippen LogP contribution in [0.4, 0.5) is 11.4 Å². The molecule has 2 aromatic carbocycles. The number of nitrogens with one attached hydrogen (secondary N) is 4. The molecule has 0 radical (unpaired) electrons. The molecule has 0 aliphatic rings. The van der Waals surface area contributed by atoms with Crippen molar-refractivity contribution in [1.29, 1.82) is 0 Å². The number of nitrogens with zero attached hydrogens (tertiary/aromatic N) is 2. The van der Waals surface area contributed by atoms with Crippen molar-refractivity contribution in [1.82, 2.24) is 20.6 Å². The van der Waals surface area contributed by atoms with Crippen LogP contribution in [-0.2, 0) is 13.1 Å². The molecule has 218 valence electrons. The minimum Gasteiger partial charge on any atom is -0.395 e. The Kier molecular flexibility index (Phi) is 11.1. The molecule has 2 heterocycles. The maximum atomic E-state index is 13.0. The lowest BCUT2D eigenvalue weighted by Gasteiger charge is -2.16. The number of benzene rings is 2. The van der Waals surface area contributed by atoms with Gasteiger partial charge in [0.2, 0.25) is 0 Å². The molecule has 0 saturated heterocycles. The second kappa shape index (κ2) is 15.2. The molecule has 11 heteroatoms. The van der Waals surface area contributed by atoms with Gasteiger partial charge in [-0.3, -0.25) is 19.6 Å². The molecule has 2 aromatic heterocycles. The Morgan fingerprint density at radius 3 is 1.88 bits per heavy atom. The van der Waals surface area contributed by atoms with Gasteiger partial charge in [0.1, 0.15) is 11.4 Å². The van der Waals surface area contributed by atoms with Gasteiger partial charge in [0.25, 0.3) is 11.8 Å². The summed E-state index contributed by atoms with van der Waals surface area (Å²) < 4.78 is 0. The second-order valence-corrected chi connectivity index (χ2v) is 9.90. The van der Waals surface area contributed by atoms with E-state index >= 15 is 0 Å². The van der Waals surface area contributed by atoms with Crippen molar-refractivity contribution in [2.24, 2.45) is 5.73 Å². The van der Waals surface area contributed by atoms with Crippen LogP contribution in [-0.4, -0.2) is 53.1 Å². The summed E-state index contributed by atoms with van der Waals surface area (Å²) in [7, 11) is 0. The maximum Gasteiger partial charge on any atom is 0.274 e. The van der Waals surface area contributed by atoms with Gasteiger partial charge >= 0.3 is 0 Å². The van der Waals surface area contributed by atoms with E-state index < -0.39 is 5.91 Å². The third-order valence-electron chi connectivity index (χ3n) is 6.50. The van der Waals surface area contributed by atoms with E-state index in [0.717, 1.165) is 22.3 Å². The van der Waals surface area contributed by atoms with Crippen LogP contribution in [0.3, 0.4) is 0 Å². The van der Waals surface area contributed by atoms with Gasteiger partial charge in [0.05, 0.1) is 17.3 Å². The Balaban J connectivity index is 1.47. The van der Waals surface area contributed by atoms with Gasteiger partial charge < -0.3 is 32.1 Å². The highest BCUT2D eigenvalue weighted by molar-refractivity contribution is 6.36. The van der Waals surface area contributed by atoms with E-state index in [2.05, 4.69) is 31.2 Å². The van der Waals surface area contributed by atoms with Crippen LogP contribution in [0.1, 0.15) is 37.7 Å². The largest absolute Gasteiger partial charge is 0.395 e. The average molecular weight is 588 g/mol. The summed E-state index contributed by atoms with van der Waals surface area (Å²) in [4.78, 5) is 34.4. The van der Waals surface area contributed by atoms with E-state index in [-0.39, 0.29) is 18.2 Å². The topological polar surface area (TPSA) is 154 Å². The average Bonchev–Trinajstić information content (AvgIpc) is 3.00. The number of pyridine rings is 2. The highest BCUT2D eigenvalue weighted by atomic mass is 35.5. The third kappa shape index (κ3) is 7.96. The summed E-state index contributed by atoms with van der Waals surface area (Å²) >= 11 is 6.78. The zero-order chi connectivity index (χ0) is 29.9.